The van der Waals surface area contributed by atoms with Gasteiger partial charge in [0.1, 0.15) is 0 Å². The fourth-order valence-electron chi connectivity index (χ4n) is 3.36. The number of methoxy groups -OCH3 is 3. The zero-order valence-electron chi connectivity index (χ0n) is 16.3. The van der Waals surface area contributed by atoms with Gasteiger partial charge in [-0.05, 0) is 47.5 Å². The highest BCUT2D eigenvalue weighted by Gasteiger charge is 2.15. The molecule has 0 bridgehead atoms. The summed E-state index contributed by atoms with van der Waals surface area (Å²) in [7, 11) is 4.79. The Kier molecular flexibility index (Phi) is 4.80. The van der Waals surface area contributed by atoms with Crippen molar-refractivity contribution in [3.8, 4) is 45.7 Å². The Morgan fingerprint density at radius 3 is 2.03 bits per heavy atom. The summed E-state index contributed by atoms with van der Waals surface area (Å²) in [5.41, 5.74) is 5.25. The van der Waals surface area contributed by atoms with E-state index in [4.69, 9.17) is 19.5 Å². The molecule has 29 heavy (non-hydrogen) atoms. The smallest absolute Gasteiger partial charge is 0.203 e. The minimum atomic E-state index is 0.557. The van der Waals surface area contributed by atoms with Crippen molar-refractivity contribution in [1.29, 1.82) is 5.26 Å². The molecule has 0 aliphatic heterocycles. The minimum Gasteiger partial charge on any atom is -0.493 e. The van der Waals surface area contributed by atoms with Crippen LogP contribution in [0.4, 0.5) is 0 Å². The summed E-state index contributed by atoms with van der Waals surface area (Å²) in [5, 5.41) is 17.5. The lowest BCUT2D eigenvalue weighted by atomic mass is 10.00. The quantitative estimate of drug-likeness (QED) is 0.534. The third kappa shape index (κ3) is 3.23. The van der Waals surface area contributed by atoms with E-state index in [-0.39, 0.29) is 0 Å². The number of hydrogen-bond acceptors (Lipinski definition) is 5. The molecule has 0 fully saturated rings. The fraction of sp³-hybridized carbons (Fsp3) is 0.130. The minimum absolute atomic E-state index is 0.557. The van der Waals surface area contributed by atoms with Gasteiger partial charge >= 0.3 is 0 Å². The monoisotopic (exact) mass is 385 g/mol. The van der Waals surface area contributed by atoms with Crippen LogP contribution in [-0.2, 0) is 0 Å². The largest absolute Gasteiger partial charge is 0.493 e. The molecule has 0 atom stereocenters. The van der Waals surface area contributed by atoms with Crippen LogP contribution in [-0.4, -0.2) is 31.5 Å². The number of nitrogens with zero attached hydrogens (tertiary/aromatic N) is 2. The Morgan fingerprint density at radius 1 is 0.793 bits per heavy atom. The van der Waals surface area contributed by atoms with Crippen molar-refractivity contribution in [2.24, 2.45) is 0 Å². The van der Waals surface area contributed by atoms with Gasteiger partial charge in [0, 0.05) is 10.9 Å². The van der Waals surface area contributed by atoms with Gasteiger partial charge in [-0.1, -0.05) is 18.2 Å². The summed E-state index contributed by atoms with van der Waals surface area (Å²) in [5.74, 6) is 1.75. The van der Waals surface area contributed by atoms with Gasteiger partial charge in [-0.15, -0.1) is 0 Å². The number of nitriles is 1. The normalized spacial score (nSPS) is 10.6. The molecule has 0 unspecified atom stereocenters. The summed E-state index contributed by atoms with van der Waals surface area (Å²) >= 11 is 0. The van der Waals surface area contributed by atoms with Crippen molar-refractivity contribution in [1.82, 2.24) is 10.2 Å². The number of nitrogens with one attached hydrogen (secondary N) is 1. The second-order valence-electron chi connectivity index (χ2n) is 6.44. The van der Waals surface area contributed by atoms with Gasteiger partial charge < -0.3 is 14.2 Å². The van der Waals surface area contributed by atoms with Crippen LogP contribution in [0.1, 0.15) is 5.56 Å². The van der Waals surface area contributed by atoms with Crippen molar-refractivity contribution in [3.63, 3.8) is 0 Å². The summed E-state index contributed by atoms with van der Waals surface area (Å²) in [6, 6.07) is 19.5. The predicted molar refractivity (Wildman–Crippen MR) is 111 cm³/mol. The van der Waals surface area contributed by atoms with Crippen molar-refractivity contribution in [2.45, 2.75) is 0 Å². The highest BCUT2D eigenvalue weighted by atomic mass is 16.5. The van der Waals surface area contributed by atoms with Crippen molar-refractivity contribution < 1.29 is 14.2 Å². The van der Waals surface area contributed by atoms with Crippen molar-refractivity contribution >= 4 is 10.9 Å². The maximum atomic E-state index is 9.01. The lowest BCUT2D eigenvalue weighted by Gasteiger charge is -2.14. The average Bonchev–Trinajstić information content (AvgIpc) is 3.21. The SMILES string of the molecule is COc1cc(-c2ccc3[nH]nc(-c4ccc(C#N)cc4)c3c2)cc(OC)c1OC. The number of rotatable bonds is 5. The number of fused-ring (bicyclic) bond motifs is 1. The molecule has 1 heterocycles. The van der Waals surface area contributed by atoms with Crippen molar-refractivity contribution in [3.05, 3.63) is 60.2 Å². The van der Waals surface area contributed by atoms with Gasteiger partial charge in [-0.25, -0.2) is 0 Å². The molecule has 1 N–H and O–H groups in total. The van der Waals surface area contributed by atoms with Gasteiger partial charge in [0.15, 0.2) is 11.5 Å². The highest BCUT2D eigenvalue weighted by Crippen LogP contribution is 2.42. The van der Waals surface area contributed by atoms with E-state index < -0.39 is 0 Å². The Bertz CT molecular complexity index is 1200. The first-order valence-corrected chi connectivity index (χ1v) is 8.97. The summed E-state index contributed by atoms with van der Waals surface area (Å²) < 4.78 is 16.4. The first-order valence-electron chi connectivity index (χ1n) is 8.97. The van der Waals surface area contributed by atoms with E-state index in [9.17, 15) is 0 Å². The molecule has 6 heteroatoms. The van der Waals surface area contributed by atoms with Gasteiger partial charge in [0.05, 0.1) is 44.2 Å². The number of hydrogen-bond donors (Lipinski definition) is 1. The van der Waals surface area contributed by atoms with E-state index in [0.29, 0.717) is 22.8 Å². The van der Waals surface area contributed by atoms with E-state index in [0.717, 1.165) is 33.3 Å². The van der Waals surface area contributed by atoms with Gasteiger partial charge in [0.25, 0.3) is 0 Å². The first-order chi connectivity index (χ1) is 14.2. The Balaban J connectivity index is 1.85. The molecule has 0 saturated carbocycles. The third-order valence-corrected chi connectivity index (χ3v) is 4.85. The lowest BCUT2D eigenvalue weighted by molar-refractivity contribution is 0.324. The number of benzene rings is 3. The van der Waals surface area contributed by atoms with Crippen LogP contribution in [0.25, 0.3) is 33.3 Å². The summed E-state index contributed by atoms with van der Waals surface area (Å²) in [6.07, 6.45) is 0. The molecular weight excluding hydrogens is 366 g/mol. The molecule has 0 spiro atoms. The number of H-pyrrole nitrogens is 1. The molecule has 144 valence electrons. The van der Waals surface area contributed by atoms with Crippen LogP contribution in [0.2, 0.25) is 0 Å². The van der Waals surface area contributed by atoms with Crippen LogP contribution in [0.5, 0.6) is 17.2 Å². The molecule has 6 nitrogen and oxygen atoms in total. The summed E-state index contributed by atoms with van der Waals surface area (Å²) in [6.45, 7) is 0. The Labute approximate surface area is 168 Å². The molecule has 0 aliphatic carbocycles. The van der Waals surface area contributed by atoms with Crippen LogP contribution in [0, 0.1) is 11.3 Å². The van der Waals surface area contributed by atoms with Crippen molar-refractivity contribution in [2.75, 3.05) is 21.3 Å². The predicted octanol–water partition coefficient (Wildman–Crippen LogP) is 4.79. The number of aromatic amines is 1. The van der Waals surface area contributed by atoms with Crippen LogP contribution in [0.3, 0.4) is 0 Å². The van der Waals surface area contributed by atoms with Crippen LogP contribution in [0.15, 0.2) is 54.6 Å². The Hall–Kier alpha value is -3.98. The van der Waals surface area contributed by atoms with Gasteiger partial charge in [-0.2, -0.15) is 10.4 Å². The maximum absolute atomic E-state index is 9.01. The molecule has 0 aliphatic rings. The van der Waals surface area contributed by atoms with Gasteiger partial charge in [-0.3, -0.25) is 5.10 Å². The molecule has 4 aromatic rings. The second kappa shape index (κ2) is 7.56. The van der Waals surface area contributed by atoms with Crippen LogP contribution < -0.4 is 14.2 Å². The van der Waals surface area contributed by atoms with Crippen LogP contribution >= 0.6 is 0 Å². The zero-order chi connectivity index (χ0) is 20.4. The molecule has 0 amide bonds. The molecule has 4 rings (SSSR count). The standard InChI is InChI=1S/C23H19N3O3/c1-27-20-11-17(12-21(28-2)23(20)29-3)16-8-9-19-18(10-16)22(26-25-19)15-6-4-14(13-24)5-7-15/h4-12H,1-3H3,(H,25,26). The summed E-state index contributed by atoms with van der Waals surface area (Å²) in [4.78, 5) is 0. The van der Waals surface area contributed by atoms with E-state index in [1.807, 2.05) is 36.4 Å². The first kappa shape index (κ1) is 18.4. The molecule has 1 aromatic heterocycles. The molecule has 0 radical (unpaired) electrons. The molecule has 0 saturated heterocycles. The molecule has 3 aromatic carbocycles. The maximum Gasteiger partial charge on any atom is 0.203 e. The van der Waals surface area contributed by atoms with Gasteiger partial charge in [0.2, 0.25) is 5.75 Å². The average molecular weight is 385 g/mol. The fourth-order valence-corrected chi connectivity index (χ4v) is 3.36. The lowest BCUT2D eigenvalue weighted by Crippen LogP contribution is -1.95. The van der Waals surface area contributed by atoms with E-state index in [2.05, 4.69) is 22.3 Å². The Morgan fingerprint density at radius 2 is 1.45 bits per heavy atom. The zero-order valence-corrected chi connectivity index (χ0v) is 16.3. The molecular formula is C23H19N3O3. The topological polar surface area (TPSA) is 80.2 Å². The van der Waals surface area contributed by atoms with E-state index in [1.165, 1.54) is 0 Å². The number of ether oxygens (including phenoxy) is 3. The number of aromatic nitrogens is 2. The second-order valence-corrected chi connectivity index (χ2v) is 6.44. The third-order valence-electron chi connectivity index (χ3n) is 4.85. The van der Waals surface area contributed by atoms with E-state index in [1.54, 1.807) is 33.5 Å². The van der Waals surface area contributed by atoms with E-state index >= 15 is 0 Å². The highest BCUT2D eigenvalue weighted by molar-refractivity contribution is 5.96.